The van der Waals surface area contributed by atoms with Crippen LogP contribution in [0.15, 0.2) is 59.6 Å². The summed E-state index contributed by atoms with van der Waals surface area (Å²) in [6.07, 6.45) is 0. The van der Waals surface area contributed by atoms with Crippen LogP contribution in [0.1, 0.15) is 5.56 Å². The van der Waals surface area contributed by atoms with Crippen LogP contribution in [0.25, 0.3) is 0 Å². The molecule has 0 bridgehead atoms. The second-order valence-corrected chi connectivity index (χ2v) is 8.27. The van der Waals surface area contributed by atoms with E-state index < -0.39 is 10.8 Å². The molecule has 1 heterocycles. The standard InChI is InChI=1S/C21H27FN4OS/c1-23-21(24-11-16-28(27)17-18-5-3-2-4-6-18)26-14-12-25(13-15-26)20-9-7-19(22)8-10-20/h2-10H,11-17H2,1H3,(H,23,24). The topological polar surface area (TPSA) is 47.9 Å². The third-order valence-electron chi connectivity index (χ3n) is 4.77. The SMILES string of the molecule is CN=C(NCCS(=O)Cc1ccccc1)N1CCN(c2ccc(F)cc2)CC1. The van der Waals surface area contributed by atoms with E-state index in [1.807, 2.05) is 42.5 Å². The number of guanidine groups is 1. The van der Waals surface area contributed by atoms with E-state index in [4.69, 9.17) is 0 Å². The Labute approximate surface area is 168 Å². The smallest absolute Gasteiger partial charge is 0.193 e. The molecular formula is C21H27FN4OS. The van der Waals surface area contributed by atoms with Gasteiger partial charge in [-0.15, -0.1) is 0 Å². The Balaban J connectivity index is 1.42. The van der Waals surface area contributed by atoms with Crippen molar-refractivity contribution >= 4 is 22.4 Å². The Kier molecular flexibility index (Phi) is 7.42. The number of piperazine rings is 1. The molecule has 2 aromatic carbocycles. The first-order chi connectivity index (χ1) is 13.7. The molecule has 1 saturated heterocycles. The molecule has 1 aliphatic rings. The van der Waals surface area contributed by atoms with Crippen LogP contribution in [0, 0.1) is 5.82 Å². The maximum Gasteiger partial charge on any atom is 0.193 e. The van der Waals surface area contributed by atoms with Gasteiger partial charge in [0.25, 0.3) is 0 Å². The summed E-state index contributed by atoms with van der Waals surface area (Å²) in [6, 6.07) is 16.6. The number of halogens is 1. The van der Waals surface area contributed by atoms with E-state index in [0.717, 1.165) is 43.4 Å². The molecule has 1 fully saturated rings. The van der Waals surface area contributed by atoms with E-state index >= 15 is 0 Å². The van der Waals surface area contributed by atoms with Gasteiger partial charge in [0.15, 0.2) is 5.96 Å². The van der Waals surface area contributed by atoms with Gasteiger partial charge in [0.05, 0.1) is 0 Å². The highest BCUT2D eigenvalue weighted by atomic mass is 32.2. The molecule has 3 rings (SSSR count). The van der Waals surface area contributed by atoms with Gasteiger partial charge in [0, 0.05) is 67.8 Å². The lowest BCUT2D eigenvalue weighted by Gasteiger charge is -2.37. The normalized spacial score (nSPS) is 16.1. The van der Waals surface area contributed by atoms with Gasteiger partial charge in [-0.25, -0.2) is 4.39 Å². The van der Waals surface area contributed by atoms with E-state index in [0.29, 0.717) is 18.1 Å². The van der Waals surface area contributed by atoms with Crippen molar-refractivity contribution in [2.75, 3.05) is 50.4 Å². The summed E-state index contributed by atoms with van der Waals surface area (Å²) in [4.78, 5) is 8.82. The van der Waals surface area contributed by atoms with Gasteiger partial charge in [-0.3, -0.25) is 9.20 Å². The van der Waals surface area contributed by atoms with Crippen LogP contribution in [-0.2, 0) is 16.6 Å². The van der Waals surface area contributed by atoms with Crippen LogP contribution in [0.5, 0.6) is 0 Å². The zero-order valence-electron chi connectivity index (χ0n) is 16.2. The van der Waals surface area contributed by atoms with Gasteiger partial charge in [0.2, 0.25) is 0 Å². The first-order valence-corrected chi connectivity index (χ1v) is 11.0. The molecule has 7 heteroatoms. The molecule has 28 heavy (non-hydrogen) atoms. The highest BCUT2D eigenvalue weighted by molar-refractivity contribution is 7.84. The van der Waals surface area contributed by atoms with Crippen LogP contribution < -0.4 is 10.2 Å². The Morgan fingerprint density at radius 3 is 2.39 bits per heavy atom. The van der Waals surface area contributed by atoms with Crippen LogP contribution in [0.2, 0.25) is 0 Å². The molecule has 1 atom stereocenters. The summed E-state index contributed by atoms with van der Waals surface area (Å²) in [5, 5.41) is 3.33. The molecule has 0 radical (unpaired) electrons. The minimum Gasteiger partial charge on any atom is -0.368 e. The fourth-order valence-corrected chi connectivity index (χ4v) is 4.31. The van der Waals surface area contributed by atoms with Gasteiger partial charge in [-0.05, 0) is 29.8 Å². The third-order valence-corrected chi connectivity index (χ3v) is 6.08. The number of nitrogens with one attached hydrogen (secondary N) is 1. The lowest BCUT2D eigenvalue weighted by Crippen LogP contribution is -2.53. The first kappa shape index (κ1) is 20.3. The number of anilines is 1. The highest BCUT2D eigenvalue weighted by Gasteiger charge is 2.19. The molecule has 0 spiro atoms. The summed E-state index contributed by atoms with van der Waals surface area (Å²) in [6.45, 7) is 4.01. The molecule has 2 aromatic rings. The van der Waals surface area contributed by atoms with Crippen molar-refractivity contribution in [3.05, 3.63) is 66.0 Å². The van der Waals surface area contributed by atoms with E-state index in [-0.39, 0.29) is 5.82 Å². The Bertz CT molecular complexity index is 790. The lowest BCUT2D eigenvalue weighted by atomic mass is 10.2. The molecule has 0 saturated carbocycles. The number of benzene rings is 2. The zero-order valence-corrected chi connectivity index (χ0v) is 17.0. The lowest BCUT2D eigenvalue weighted by molar-refractivity contribution is 0.373. The van der Waals surface area contributed by atoms with Crippen molar-refractivity contribution in [2.24, 2.45) is 4.99 Å². The van der Waals surface area contributed by atoms with Gasteiger partial charge in [0.1, 0.15) is 5.82 Å². The number of hydrogen-bond donors (Lipinski definition) is 1. The van der Waals surface area contributed by atoms with Crippen molar-refractivity contribution in [1.29, 1.82) is 0 Å². The monoisotopic (exact) mass is 402 g/mol. The largest absolute Gasteiger partial charge is 0.368 e. The van der Waals surface area contributed by atoms with Crippen LogP contribution >= 0.6 is 0 Å². The quantitative estimate of drug-likeness (QED) is 0.596. The molecule has 1 unspecified atom stereocenters. The number of hydrogen-bond acceptors (Lipinski definition) is 3. The second-order valence-electron chi connectivity index (χ2n) is 6.70. The fraction of sp³-hybridized carbons (Fsp3) is 0.381. The second kappa shape index (κ2) is 10.2. The predicted octanol–water partition coefficient (Wildman–Crippen LogP) is 2.47. The van der Waals surface area contributed by atoms with Crippen molar-refractivity contribution in [1.82, 2.24) is 10.2 Å². The van der Waals surface area contributed by atoms with Gasteiger partial charge < -0.3 is 15.1 Å². The average Bonchev–Trinajstić information content (AvgIpc) is 2.73. The minimum atomic E-state index is -0.902. The molecule has 1 N–H and O–H groups in total. The van der Waals surface area contributed by atoms with E-state index in [1.54, 1.807) is 7.05 Å². The molecule has 0 aliphatic carbocycles. The third kappa shape index (κ3) is 5.79. The predicted molar refractivity (Wildman–Crippen MR) is 115 cm³/mol. The first-order valence-electron chi connectivity index (χ1n) is 9.51. The molecule has 5 nitrogen and oxygen atoms in total. The summed E-state index contributed by atoms with van der Waals surface area (Å²) in [5.74, 6) is 1.80. The number of rotatable bonds is 6. The average molecular weight is 403 g/mol. The van der Waals surface area contributed by atoms with Gasteiger partial charge in [-0.1, -0.05) is 30.3 Å². The Morgan fingerprint density at radius 2 is 1.75 bits per heavy atom. The van der Waals surface area contributed by atoms with Crippen molar-refractivity contribution < 1.29 is 8.60 Å². The molecule has 150 valence electrons. The Hall–Kier alpha value is -2.41. The zero-order chi connectivity index (χ0) is 19.8. The fourth-order valence-electron chi connectivity index (χ4n) is 3.27. The molecular weight excluding hydrogens is 375 g/mol. The molecule has 1 aliphatic heterocycles. The summed E-state index contributed by atoms with van der Waals surface area (Å²) in [5.41, 5.74) is 2.14. The number of aliphatic imine (C=N–C) groups is 1. The maximum atomic E-state index is 13.1. The van der Waals surface area contributed by atoms with E-state index in [9.17, 15) is 8.60 Å². The van der Waals surface area contributed by atoms with Crippen LogP contribution in [0.3, 0.4) is 0 Å². The van der Waals surface area contributed by atoms with Crippen LogP contribution in [-0.4, -0.2) is 60.6 Å². The minimum absolute atomic E-state index is 0.211. The van der Waals surface area contributed by atoms with Gasteiger partial charge in [-0.2, -0.15) is 0 Å². The molecule has 0 aromatic heterocycles. The van der Waals surface area contributed by atoms with Crippen molar-refractivity contribution in [3.8, 4) is 0 Å². The Morgan fingerprint density at radius 1 is 1.07 bits per heavy atom. The van der Waals surface area contributed by atoms with E-state index in [2.05, 4.69) is 20.1 Å². The van der Waals surface area contributed by atoms with E-state index in [1.165, 1.54) is 12.1 Å². The summed E-state index contributed by atoms with van der Waals surface area (Å²) >= 11 is 0. The summed E-state index contributed by atoms with van der Waals surface area (Å²) < 4.78 is 25.4. The number of nitrogens with zero attached hydrogens (tertiary/aromatic N) is 3. The highest BCUT2D eigenvalue weighted by Crippen LogP contribution is 2.16. The van der Waals surface area contributed by atoms with Gasteiger partial charge >= 0.3 is 0 Å². The van der Waals surface area contributed by atoms with Crippen molar-refractivity contribution in [3.63, 3.8) is 0 Å². The van der Waals surface area contributed by atoms with Crippen LogP contribution in [0.4, 0.5) is 10.1 Å². The van der Waals surface area contributed by atoms with Crippen molar-refractivity contribution in [2.45, 2.75) is 5.75 Å². The molecule has 0 amide bonds. The maximum absolute atomic E-state index is 13.1. The summed E-state index contributed by atoms with van der Waals surface area (Å²) in [7, 11) is 0.872.